The van der Waals surface area contributed by atoms with Gasteiger partial charge in [0.25, 0.3) is 0 Å². The highest BCUT2D eigenvalue weighted by Crippen LogP contribution is 2.14. The molecule has 0 fully saturated rings. The Labute approximate surface area is 121 Å². The molecule has 1 aromatic rings. The summed E-state index contributed by atoms with van der Waals surface area (Å²) in [6.45, 7) is 4.18. The molecule has 20 heavy (non-hydrogen) atoms. The van der Waals surface area contributed by atoms with Crippen LogP contribution < -0.4 is 0 Å². The third-order valence-electron chi connectivity index (χ3n) is 3.23. The molecule has 0 bridgehead atoms. The van der Waals surface area contributed by atoms with Gasteiger partial charge in [0.15, 0.2) is 0 Å². The predicted molar refractivity (Wildman–Crippen MR) is 79.6 cm³/mol. The van der Waals surface area contributed by atoms with Crippen LogP contribution in [0.5, 0.6) is 0 Å². The lowest BCUT2D eigenvalue weighted by molar-refractivity contribution is -0.138. The number of hydrogen-bond acceptors (Lipinski definition) is 3. The predicted octanol–water partition coefficient (Wildman–Crippen LogP) is 4.29. The van der Waals surface area contributed by atoms with E-state index in [0.717, 1.165) is 44.1 Å². The molecule has 0 amide bonds. The standard InChI is InChI=1S/C17H24O3/c1-3-5-7-13-16(18)20-17(19)15-12-9-8-11-14(15)10-6-4-2/h8-9,11-12H,3-7,10,13H2,1-2H3. The Morgan fingerprint density at radius 1 is 1.00 bits per heavy atom. The Kier molecular flexibility index (Phi) is 7.63. The maximum Gasteiger partial charge on any atom is 0.346 e. The number of carbonyl (C=O) groups excluding carboxylic acids is 2. The molecular formula is C17H24O3. The molecule has 0 N–H and O–H groups in total. The SMILES string of the molecule is CCCCCC(=O)OC(=O)c1ccccc1CCCC. The van der Waals surface area contributed by atoms with Crippen LogP contribution in [0, 0.1) is 0 Å². The van der Waals surface area contributed by atoms with Crippen molar-refractivity contribution in [2.45, 2.75) is 58.8 Å². The molecule has 0 aliphatic heterocycles. The van der Waals surface area contributed by atoms with Gasteiger partial charge in [-0.15, -0.1) is 0 Å². The van der Waals surface area contributed by atoms with Gasteiger partial charge in [-0.25, -0.2) is 4.79 Å². The lowest BCUT2D eigenvalue weighted by Crippen LogP contribution is -2.14. The van der Waals surface area contributed by atoms with Gasteiger partial charge in [0.1, 0.15) is 0 Å². The van der Waals surface area contributed by atoms with Crippen molar-refractivity contribution in [2.75, 3.05) is 0 Å². The second-order valence-corrected chi connectivity index (χ2v) is 4.98. The van der Waals surface area contributed by atoms with Gasteiger partial charge in [-0.1, -0.05) is 51.3 Å². The zero-order valence-electron chi connectivity index (χ0n) is 12.5. The maximum atomic E-state index is 12.0. The van der Waals surface area contributed by atoms with Crippen molar-refractivity contribution < 1.29 is 14.3 Å². The summed E-state index contributed by atoms with van der Waals surface area (Å²) in [4.78, 5) is 23.6. The molecule has 0 radical (unpaired) electrons. The number of benzene rings is 1. The van der Waals surface area contributed by atoms with E-state index in [9.17, 15) is 9.59 Å². The van der Waals surface area contributed by atoms with Crippen molar-refractivity contribution in [2.24, 2.45) is 0 Å². The number of unbranched alkanes of at least 4 members (excludes halogenated alkanes) is 3. The molecule has 110 valence electrons. The summed E-state index contributed by atoms with van der Waals surface area (Å²) >= 11 is 0. The van der Waals surface area contributed by atoms with Crippen LogP contribution in [0.3, 0.4) is 0 Å². The normalized spacial score (nSPS) is 10.3. The Balaban J connectivity index is 2.60. The zero-order valence-corrected chi connectivity index (χ0v) is 12.5. The fraction of sp³-hybridized carbons (Fsp3) is 0.529. The number of rotatable bonds is 8. The molecule has 0 aliphatic carbocycles. The molecule has 0 aromatic heterocycles. The first-order valence-electron chi connectivity index (χ1n) is 7.52. The van der Waals surface area contributed by atoms with E-state index in [2.05, 4.69) is 13.8 Å². The minimum atomic E-state index is -0.516. The molecule has 0 heterocycles. The van der Waals surface area contributed by atoms with Crippen molar-refractivity contribution in [1.82, 2.24) is 0 Å². The minimum Gasteiger partial charge on any atom is -0.389 e. The van der Waals surface area contributed by atoms with Gasteiger partial charge in [-0.2, -0.15) is 0 Å². The fourth-order valence-electron chi connectivity index (χ4n) is 2.03. The Morgan fingerprint density at radius 3 is 2.40 bits per heavy atom. The van der Waals surface area contributed by atoms with Gasteiger partial charge in [0, 0.05) is 6.42 Å². The molecule has 0 unspecified atom stereocenters. The molecule has 0 aliphatic rings. The molecule has 0 spiro atoms. The molecule has 3 nitrogen and oxygen atoms in total. The van der Waals surface area contributed by atoms with Crippen molar-refractivity contribution in [3.63, 3.8) is 0 Å². The van der Waals surface area contributed by atoms with Crippen molar-refractivity contribution in [3.8, 4) is 0 Å². The van der Waals surface area contributed by atoms with Crippen LogP contribution in [0.2, 0.25) is 0 Å². The number of carbonyl (C=O) groups is 2. The van der Waals surface area contributed by atoms with Gasteiger partial charge < -0.3 is 4.74 Å². The summed E-state index contributed by atoms with van der Waals surface area (Å²) in [6, 6.07) is 7.36. The first-order chi connectivity index (χ1) is 9.69. The van der Waals surface area contributed by atoms with Gasteiger partial charge >= 0.3 is 11.9 Å². The highest BCUT2D eigenvalue weighted by atomic mass is 16.6. The Bertz CT molecular complexity index is 438. The monoisotopic (exact) mass is 276 g/mol. The molecule has 0 saturated heterocycles. The first-order valence-corrected chi connectivity index (χ1v) is 7.52. The quantitative estimate of drug-likeness (QED) is 0.404. The van der Waals surface area contributed by atoms with Gasteiger partial charge in [-0.05, 0) is 30.9 Å². The maximum absolute atomic E-state index is 12.0. The van der Waals surface area contributed by atoms with Crippen LogP contribution in [0.15, 0.2) is 24.3 Å². The highest BCUT2D eigenvalue weighted by molar-refractivity contribution is 5.97. The molecule has 0 atom stereocenters. The largest absolute Gasteiger partial charge is 0.389 e. The van der Waals surface area contributed by atoms with E-state index in [1.807, 2.05) is 12.1 Å². The Morgan fingerprint density at radius 2 is 1.70 bits per heavy atom. The Hall–Kier alpha value is -1.64. The van der Waals surface area contributed by atoms with Crippen LogP contribution in [-0.2, 0) is 16.0 Å². The third kappa shape index (κ3) is 5.55. The summed E-state index contributed by atoms with van der Waals surface area (Å²) in [6.07, 6.45) is 6.05. The van der Waals surface area contributed by atoms with Crippen molar-refractivity contribution in [3.05, 3.63) is 35.4 Å². The summed E-state index contributed by atoms with van der Waals surface area (Å²) in [5.74, 6) is -0.938. The van der Waals surface area contributed by atoms with E-state index >= 15 is 0 Å². The van der Waals surface area contributed by atoms with E-state index < -0.39 is 11.9 Å². The van der Waals surface area contributed by atoms with Gasteiger partial charge in [-0.3, -0.25) is 4.79 Å². The smallest absolute Gasteiger partial charge is 0.346 e. The third-order valence-corrected chi connectivity index (χ3v) is 3.23. The molecule has 1 aromatic carbocycles. The van der Waals surface area contributed by atoms with Crippen LogP contribution in [0.4, 0.5) is 0 Å². The van der Waals surface area contributed by atoms with Gasteiger partial charge in [0.2, 0.25) is 0 Å². The van der Waals surface area contributed by atoms with Crippen molar-refractivity contribution in [1.29, 1.82) is 0 Å². The van der Waals surface area contributed by atoms with Crippen LogP contribution in [0.25, 0.3) is 0 Å². The summed E-state index contributed by atoms with van der Waals surface area (Å²) in [7, 11) is 0. The average Bonchev–Trinajstić information content (AvgIpc) is 2.45. The van der Waals surface area contributed by atoms with Crippen LogP contribution in [-0.4, -0.2) is 11.9 Å². The first kappa shape index (κ1) is 16.4. The molecular weight excluding hydrogens is 252 g/mol. The zero-order chi connectivity index (χ0) is 14.8. The fourth-order valence-corrected chi connectivity index (χ4v) is 2.03. The lowest BCUT2D eigenvalue weighted by atomic mass is 10.0. The van der Waals surface area contributed by atoms with E-state index in [0.29, 0.717) is 12.0 Å². The molecule has 3 heteroatoms. The van der Waals surface area contributed by atoms with E-state index in [-0.39, 0.29) is 0 Å². The summed E-state index contributed by atoms with van der Waals surface area (Å²) < 4.78 is 4.93. The number of hydrogen-bond donors (Lipinski definition) is 0. The van der Waals surface area contributed by atoms with E-state index in [4.69, 9.17) is 4.74 Å². The second-order valence-electron chi connectivity index (χ2n) is 4.98. The van der Waals surface area contributed by atoms with Gasteiger partial charge in [0.05, 0.1) is 5.56 Å². The second kappa shape index (κ2) is 9.29. The van der Waals surface area contributed by atoms with E-state index in [1.54, 1.807) is 12.1 Å². The van der Waals surface area contributed by atoms with E-state index in [1.165, 1.54) is 0 Å². The molecule has 1 rings (SSSR count). The number of esters is 2. The van der Waals surface area contributed by atoms with Crippen LogP contribution in [0.1, 0.15) is 68.3 Å². The van der Waals surface area contributed by atoms with Crippen LogP contribution >= 0.6 is 0 Å². The number of ether oxygens (including phenoxy) is 1. The summed E-state index contributed by atoms with van der Waals surface area (Å²) in [5.41, 5.74) is 1.48. The number of aryl methyl sites for hydroxylation is 1. The lowest BCUT2D eigenvalue weighted by Gasteiger charge is -2.08. The molecule has 0 saturated carbocycles. The summed E-state index contributed by atoms with van der Waals surface area (Å²) in [5, 5.41) is 0. The highest BCUT2D eigenvalue weighted by Gasteiger charge is 2.15. The minimum absolute atomic E-state index is 0.316. The van der Waals surface area contributed by atoms with Crippen molar-refractivity contribution >= 4 is 11.9 Å². The average molecular weight is 276 g/mol. The topological polar surface area (TPSA) is 43.4 Å².